The predicted octanol–water partition coefficient (Wildman–Crippen LogP) is 5.98. The fourth-order valence-corrected chi connectivity index (χ4v) is 4.51. The van der Waals surface area contributed by atoms with Gasteiger partial charge in [0.05, 0.1) is 18.4 Å². The Kier molecular flexibility index (Phi) is 5.17. The fraction of sp³-hybridized carbons (Fsp3) is 0.148. The molecule has 3 aromatic heterocycles. The van der Waals surface area contributed by atoms with Crippen LogP contribution in [0.2, 0.25) is 0 Å². The molecule has 5 rings (SSSR count). The van der Waals surface area contributed by atoms with Gasteiger partial charge in [0.1, 0.15) is 17.2 Å². The van der Waals surface area contributed by atoms with E-state index in [1.165, 1.54) is 0 Å². The largest absolute Gasteiger partial charge is 0.496 e. The second-order valence-electron chi connectivity index (χ2n) is 8.22. The number of para-hydroxylation sites is 1. The minimum Gasteiger partial charge on any atom is -0.496 e. The van der Waals surface area contributed by atoms with Crippen molar-refractivity contribution in [2.24, 2.45) is 0 Å². The van der Waals surface area contributed by atoms with Crippen molar-refractivity contribution in [2.75, 3.05) is 7.11 Å². The lowest BCUT2D eigenvalue weighted by Crippen LogP contribution is -2.00. The van der Waals surface area contributed by atoms with Crippen LogP contribution in [0.3, 0.4) is 0 Å². The maximum atomic E-state index is 11.6. The molecule has 0 aliphatic carbocycles. The Labute approximate surface area is 196 Å². The lowest BCUT2D eigenvalue weighted by molar-refractivity contribution is 0.0696. The molecule has 0 unspecified atom stereocenters. The Morgan fingerprint density at radius 2 is 1.82 bits per heavy atom. The number of nitrogens with zero attached hydrogens (tertiary/aromatic N) is 3. The first-order valence-electron chi connectivity index (χ1n) is 10.8. The molecule has 1 N–H and O–H groups in total. The van der Waals surface area contributed by atoms with Crippen molar-refractivity contribution in [3.63, 3.8) is 0 Å². The molecule has 0 amide bonds. The molecule has 0 bridgehead atoms. The van der Waals surface area contributed by atoms with Gasteiger partial charge in [0, 0.05) is 45.7 Å². The highest BCUT2D eigenvalue weighted by molar-refractivity contribution is 6.00. The minimum absolute atomic E-state index is 0.180. The SMILES string of the molecule is COc1cc(C(=O)O)cc(C)c1-c1cn(-c2ccccc2)c2ncc(-c3c(C)noc3C)cc12. The first kappa shape index (κ1) is 21.5. The Hall–Kier alpha value is -4.39. The molecule has 7 nitrogen and oxygen atoms in total. The molecular weight excluding hydrogens is 430 g/mol. The highest BCUT2D eigenvalue weighted by Crippen LogP contribution is 2.41. The Morgan fingerprint density at radius 3 is 2.47 bits per heavy atom. The summed E-state index contributed by atoms with van der Waals surface area (Å²) in [5.74, 6) is 0.219. The van der Waals surface area contributed by atoms with Crippen molar-refractivity contribution < 1.29 is 19.2 Å². The summed E-state index contributed by atoms with van der Waals surface area (Å²) < 4.78 is 13.1. The number of rotatable bonds is 5. The third-order valence-corrected chi connectivity index (χ3v) is 6.04. The van der Waals surface area contributed by atoms with Gasteiger partial charge in [-0.3, -0.25) is 0 Å². The first-order valence-corrected chi connectivity index (χ1v) is 10.8. The molecule has 3 heterocycles. The lowest BCUT2D eigenvalue weighted by atomic mass is 9.96. The third kappa shape index (κ3) is 3.42. The smallest absolute Gasteiger partial charge is 0.335 e. The minimum atomic E-state index is -0.998. The quantitative estimate of drug-likeness (QED) is 0.352. The molecular formula is C27H23N3O4. The molecule has 0 atom stereocenters. The number of carboxylic acid groups (broad SMARTS) is 1. The van der Waals surface area contributed by atoms with E-state index in [0.29, 0.717) is 5.75 Å². The Bertz CT molecular complexity index is 1530. The van der Waals surface area contributed by atoms with Gasteiger partial charge in [0.25, 0.3) is 0 Å². The van der Waals surface area contributed by atoms with Gasteiger partial charge in [0.15, 0.2) is 0 Å². The van der Waals surface area contributed by atoms with Crippen molar-refractivity contribution in [2.45, 2.75) is 20.8 Å². The summed E-state index contributed by atoms with van der Waals surface area (Å²) >= 11 is 0. The number of ether oxygens (including phenoxy) is 1. The number of carbonyl (C=O) groups is 1. The van der Waals surface area contributed by atoms with E-state index in [9.17, 15) is 9.90 Å². The average Bonchev–Trinajstić information content (AvgIpc) is 3.37. The van der Waals surface area contributed by atoms with Crippen LogP contribution in [0.4, 0.5) is 0 Å². The normalized spacial score (nSPS) is 11.2. The second-order valence-corrected chi connectivity index (χ2v) is 8.22. The molecule has 0 saturated carbocycles. The zero-order chi connectivity index (χ0) is 24.0. The summed E-state index contributed by atoms with van der Waals surface area (Å²) in [4.78, 5) is 16.5. The standard InChI is InChI=1S/C27H23N3O4/c1-15-10-18(27(31)32)12-23(33-4)24(15)22-14-30(20-8-6-5-7-9-20)26-21(22)11-19(13-28-26)25-16(2)29-34-17(25)3/h5-14H,1-4H3,(H,31,32). The lowest BCUT2D eigenvalue weighted by Gasteiger charge is -2.13. The number of fused-ring (bicyclic) bond motifs is 1. The number of aromatic nitrogens is 3. The van der Waals surface area contributed by atoms with E-state index in [2.05, 4.69) is 11.2 Å². The van der Waals surface area contributed by atoms with Crippen molar-refractivity contribution in [1.29, 1.82) is 0 Å². The van der Waals surface area contributed by atoms with Crippen LogP contribution < -0.4 is 4.74 Å². The molecule has 2 aromatic carbocycles. The highest BCUT2D eigenvalue weighted by Gasteiger charge is 2.22. The van der Waals surface area contributed by atoms with E-state index in [1.54, 1.807) is 19.2 Å². The van der Waals surface area contributed by atoms with Gasteiger partial charge in [-0.1, -0.05) is 23.4 Å². The van der Waals surface area contributed by atoms with E-state index >= 15 is 0 Å². The molecule has 0 saturated heterocycles. The topological polar surface area (TPSA) is 90.4 Å². The van der Waals surface area contributed by atoms with Gasteiger partial charge in [0.2, 0.25) is 0 Å². The Balaban J connectivity index is 1.84. The van der Waals surface area contributed by atoms with E-state index in [-0.39, 0.29) is 5.56 Å². The summed E-state index contributed by atoms with van der Waals surface area (Å²) in [7, 11) is 1.55. The Morgan fingerprint density at radius 1 is 1.06 bits per heavy atom. The van der Waals surface area contributed by atoms with Crippen LogP contribution >= 0.6 is 0 Å². The molecule has 7 heteroatoms. The third-order valence-electron chi connectivity index (χ3n) is 6.04. The molecule has 34 heavy (non-hydrogen) atoms. The molecule has 0 aliphatic heterocycles. The van der Waals surface area contributed by atoms with Crippen LogP contribution in [0.15, 0.2) is 65.4 Å². The second kappa shape index (κ2) is 8.19. The van der Waals surface area contributed by atoms with Crippen molar-refractivity contribution in [3.8, 4) is 33.7 Å². The van der Waals surface area contributed by atoms with Crippen molar-refractivity contribution >= 4 is 17.0 Å². The van der Waals surface area contributed by atoms with Crippen molar-refractivity contribution in [1.82, 2.24) is 14.7 Å². The van der Waals surface area contributed by atoms with Crippen LogP contribution in [-0.4, -0.2) is 32.9 Å². The first-order chi connectivity index (χ1) is 16.4. The average molecular weight is 453 g/mol. The molecule has 0 spiro atoms. The number of methoxy groups -OCH3 is 1. The van der Waals surface area contributed by atoms with Gasteiger partial charge in [-0.05, 0) is 56.7 Å². The molecule has 0 aliphatic rings. The van der Waals surface area contributed by atoms with Crippen LogP contribution in [0.25, 0.3) is 39.0 Å². The van der Waals surface area contributed by atoms with Gasteiger partial charge in [-0.2, -0.15) is 0 Å². The summed E-state index contributed by atoms with van der Waals surface area (Å²) in [6.07, 6.45) is 3.85. The molecule has 0 radical (unpaired) electrons. The van der Waals surface area contributed by atoms with Crippen LogP contribution in [0.1, 0.15) is 27.4 Å². The maximum Gasteiger partial charge on any atom is 0.335 e. The number of aromatic carboxylic acids is 1. The van der Waals surface area contributed by atoms with E-state index in [4.69, 9.17) is 14.2 Å². The summed E-state index contributed by atoms with van der Waals surface area (Å²) in [5, 5.41) is 14.5. The number of aryl methyl sites for hydroxylation is 3. The highest BCUT2D eigenvalue weighted by atomic mass is 16.5. The van der Waals surface area contributed by atoms with Crippen LogP contribution in [0.5, 0.6) is 5.75 Å². The van der Waals surface area contributed by atoms with E-state index in [1.807, 2.05) is 68.1 Å². The number of hydrogen-bond acceptors (Lipinski definition) is 5. The molecule has 170 valence electrons. The van der Waals surface area contributed by atoms with Gasteiger partial charge < -0.3 is 18.9 Å². The predicted molar refractivity (Wildman–Crippen MR) is 130 cm³/mol. The van der Waals surface area contributed by atoms with Gasteiger partial charge in [-0.15, -0.1) is 0 Å². The molecule has 0 fully saturated rings. The van der Waals surface area contributed by atoms with Crippen LogP contribution in [0, 0.1) is 20.8 Å². The molecule has 5 aromatic rings. The summed E-state index contributed by atoms with van der Waals surface area (Å²) in [6.45, 7) is 5.68. The zero-order valence-electron chi connectivity index (χ0n) is 19.3. The number of carboxylic acids is 1. The number of pyridine rings is 1. The van der Waals surface area contributed by atoms with Crippen molar-refractivity contribution in [3.05, 3.63) is 83.5 Å². The van der Waals surface area contributed by atoms with Gasteiger partial charge >= 0.3 is 5.97 Å². The van der Waals surface area contributed by atoms with Gasteiger partial charge in [-0.25, -0.2) is 9.78 Å². The zero-order valence-corrected chi connectivity index (χ0v) is 19.3. The summed E-state index contributed by atoms with van der Waals surface area (Å²) in [6, 6.07) is 15.3. The summed E-state index contributed by atoms with van der Waals surface area (Å²) in [5.41, 5.74) is 7.05. The van der Waals surface area contributed by atoms with Crippen LogP contribution in [-0.2, 0) is 0 Å². The van der Waals surface area contributed by atoms with E-state index < -0.39 is 5.97 Å². The monoisotopic (exact) mass is 453 g/mol. The fourth-order valence-electron chi connectivity index (χ4n) is 4.51. The van der Waals surface area contributed by atoms with E-state index in [0.717, 1.165) is 56.0 Å². The number of benzene rings is 2. The maximum absolute atomic E-state index is 11.6. The number of hydrogen-bond donors (Lipinski definition) is 1.